The lowest BCUT2D eigenvalue weighted by molar-refractivity contribution is -0.181. The number of imide groups is 1. The van der Waals surface area contributed by atoms with Crippen LogP contribution in [0.3, 0.4) is 0 Å². The smallest absolute Gasteiger partial charge is 0.424 e. The summed E-state index contributed by atoms with van der Waals surface area (Å²) in [5.41, 5.74) is 0.136. The van der Waals surface area contributed by atoms with Gasteiger partial charge in [-0.15, -0.1) is 0 Å². The number of ether oxygens (including phenoxy) is 2. The van der Waals surface area contributed by atoms with Crippen LogP contribution in [0.1, 0.15) is 19.8 Å². The third kappa shape index (κ3) is 3.58. The highest BCUT2D eigenvalue weighted by molar-refractivity contribution is 6.01. The van der Waals surface area contributed by atoms with E-state index in [2.05, 4.69) is 20.9 Å². The molecule has 0 aromatic carbocycles. The van der Waals surface area contributed by atoms with Crippen LogP contribution in [-0.2, 0) is 28.7 Å². The van der Waals surface area contributed by atoms with Gasteiger partial charge in [0.15, 0.2) is 0 Å². The van der Waals surface area contributed by atoms with Gasteiger partial charge in [0.2, 0.25) is 6.79 Å². The first-order chi connectivity index (χ1) is 8.41. The standard InChI is InChI=1S/C10H11NO7/c1-6(2)9(14)16-5-17-10(15)18-11-7(12)3-4-8(11)13/h1,3-5H2,2H3. The van der Waals surface area contributed by atoms with E-state index in [4.69, 9.17) is 0 Å². The summed E-state index contributed by atoms with van der Waals surface area (Å²) >= 11 is 0. The van der Waals surface area contributed by atoms with E-state index < -0.39 is 30.7 Å². The minimum atomic E-state index is -1.31. The monoisotopic (exact) mass is 257 g/mol. The minimum Gasteiger partial charge on any atom is -0.424 e. The quantitative estimate of drug-likeness (QED) is 0.308. The molecule has 0 unspecified atom stereocenters. The van der Waals surface area contributed by atoms with E-state index in [1.807, 2.05) is 0 Å². The number of amides is 2. The predicted octanol–water partition coefficient (Wildman–Crippen LogP) is 0.280. The number of esters is 1. The number of hydroxylamine groups is 2. The van der Waals surface area contributed by atoms with Crippen molar-refractivity contribution in [3.63, 3.8) is 0 Å². The Hall–Kier alpha value is -2.38. The second kappa shape index (κ2) is 5.80. The third-order valence-corrected chi connectivity index (χ3v) is 1.89. The number of nitrogens with zero attached hydrogens (tertiary/aromatic N) is 1. The van der Waals surface area contributed by atoms with Crippen LogP contribution in [0.5, 0.6) is 0 Å². The molecule has 0 radical (unpaired) electrons. The van der Waals surface area contributed by atoms with Crippen LogP contribution >= 0.6 is 0 Å². The molecule has 0 aromatic rings. The van der Waals surface area contributed by atoms with Crippen LogP contribution in [0.2, 0.25) is 0 Å². The fraction of sp³-hybridized carbons (Fsp3) is 0.400. The highest BCUT2D eigenvalue weighted by Gasteiger charge is 2.33. The third-order valence-electron chi connectivity index (χ3n) is 1.89. The molecule has 1 heterocycles. The van der Waals surface area contributed by atoms with Crippen molar-refractivity contribution in [2.24, 2.45) is 0 Å². The second-order valence-corrected chi connectivity index (χ2v) is 3.40. The van der Waals surface area contributed by atoms with Crippen LogP contribution in [0, 0.1) is 0 Å². The normalized spacial score (nSPS) is 14.4. The number of carbonyl (C=O) groups is 4. The molecular weight excluding hydrogens is 246 g/mol. The summed E-state index contributed by atoms with van der Waals surface area (Å²) in [7, 11) is 0. The molecule has 8 nitrogen and oxygen atoms in total. The lowest BCUT2D eigenvalue weighted by atomic mass is 10.4. The molecule has 8 heteroatoms. The second-order valence-electron chi connectivity index (χ2n) is 3.40. The highest BCUT2D eigenvalue weighted by atomic mass is 16.9. The summed E-state index contributed by atoms with van der Waals surface area (Å²) in [4.78, 5) is 48.4. The number of hydrogen-bond donors (Lipinski definition) is 0. The van der Waals surface area contributed by atoms with Crippen molar-refractivity contribution < 1.29 is 33.5 Å². The molecular formula is C10H11NO7. The van der Waals surface area contributed by atoms with Gasteiger partial charge < -0.3 is 9.47 Å². The lowest BCUT2D eigenvalue weighted by Gasteiger charge is -2.12. The first-order valence-corrected chi connectivity index (χ1v) is 4.95. The predicted molar refractivity (Wildman–Crippen MR) is 54.4 cm³/mol. The molecule has 0 N–H and O–H groups in total. The zero-order valence-electron chi connectivity index (χ0n) is 9.63. The van der Waals surface area contributed by atoms with Gasteiger partial charge in [0, 0.05) is 18.4 Å². The van der Waals surface area contributed by atoms with Crippen molar-refractivity contribution in [2.45, 2.75) is 19.8 Å². The van der Waals surface area contributed by atoms with Crippen molar-refractivity contribution in [2.75, 3.05) is 6.79 Å². The maximum atomic E-state index is 11.1. The molecule has 0 spiro atoms. The van der Waals surface area contributed by atoms with Gasteiger partial charge in [-0.25, -0.2) is 9.59 Å². The molecule has 1 fully saturated rings. The SMILES string of the molecule is C=C(C)C(=O)OCOC(=O)ON1C(=O)CCC1=O. The molecule has 2 amide bonds. The van der Waals surface area contributed by atoms with E-state index in [9.17, 15) is 19.2 Å². The molecule has 1 aliphatic heterocycles. The topological polar surface area (TPSA) is 99.2 Å². The van der Waals surface area contributed by atoms with E-state index in [1.54, 1.807) is 0 Å². The molecule has 1 aliphatic rings. The number of carbonyl (C=O) groups excluding carboxylic acids is 4. The maximum absolute atomic E-state index is 11.1. The van der Waals surface area contributed by atoms with E-state index in [-0.39, 0.29) is 18.4 Å². The average molecular weight is 257 g/mol. The first-order valence-electron chi connectivity index (χ1n) is 4.95. The van der Waals surface area contributed by atoms with Crippen LogP contribution in [0.25, 0.3) is 0 Å². The van der Waals surface area contributed by atoms with E-state index in [0.29, 0.717) is 5.06 Å². The summed E-state index contributed by atoms with van der Waals surface area (Å²) in [6.45, 7) is 4.04. The summed E-state index contributed by atoms with van der Waals surface area (Å²) in [5, 5.41) is 0.322. The van der Waals surface area contributed by atoms with Gasteiger partial charge in [-0.2, -0.15) is 0 Å². The van der Waals surface area contributed by atoms with Crippen molar-refractivity contribution in [1.29, 1.82) is 0 Å². The molecule has 1 rings (SSSR count). The summed E-state index contributed by atoms with van der Waals surface area (Å²) in [5.74, 6) is -2.00. The average Bonchev–Trinajstić information content (AvgIpc) is 2.60. The Morgan fingerprint density at radius 1 is 1.22 bits per heavy atom. The number of hydrogen-bond acceptors (Lipinski definition) is 7. The van der Waals surface area contributed by atoms with Crippen LogP contribution in [-0.4, -0.2) is 35.8 Å². The Morgan fingerprint density at radius 3 is 2.28 bits per heavy atom. The van der Waals surface area contributed by atoms with Gasteiger partial charge in [0.05, 0.1) is 0 Å². The molecule has 0 aromatic heterocycles. The van der Waals surface area contributed by atoms with Crippen molar-refractivity contribution >= 4 is 23.9 Å². The van der Waals surface area contributed by atoms with E-state index >= 15 is 0 Å². The van der Waals surface area contributed by atoms with E-state index in [0.717, 1.165) is 0 Å². The van der Waals surface area contributed by atoms with Gasteiger partial charge >= 0.3 is 12.1 Å². The van der Waals surface area contributed by atoms with Gasteiger partial charge in [0.1, 0.15) is 0 Å². The van der Waals surface area contributed by atoms with Crippen LogP contribution < -0.4 is 0 Å². The van der Waals surface area contributed by atoms with Crippen molar-refractivity contribution in [1.82, 2.24) is 5.06 Å². The van der Waals surface area contributed by atoms with Gasteiger partial charge in [-0.1, -0.05) is 11.6 Å². The molecule has 0 aliphatic carbocycles. The molecule has 98 valence electrons. The Bertz CT molecular complexity index is 398. The van der Waals surface area contributed by atoms with Crippen LogP contribution in [0.15, 0.2) is 12.2 Å². The first kappa shape index (κ1) is 13.7. The summed E-state index contributed by atoms with van der Waals surface area (Å²) in [6.07, 6.45) is -1.35. The summed E-state index contributed by atoms with van der Waals surface area (Å²) < 4.78 is 8.77. The molecule has 1 saturated heterocycles. The largest absolute Gasteiger partial charge is 0.536 e. The van der Waals surface area contributed by atoms with Crippen molar-refractivity contribution in [3.8, 4) is 0 Å². The fourth-order valence-corrected chi connectivity index (χ4v) is 1.01. The fourth-order valence-electron chi connectivity index (χ4n) is 1.01. The van der Waals surface area contributed by atoms with E-state index in [1.165, 1.54) is 6.92 Å². The van der Waals surface area contributed by atoms with Crippen molar-refractivity contribution in [3.05, 3.63) is 12.2 Å². The number of rotatable bonds is 4. The zero-order chi connectivity index (χ0) is 13.7. The highest BCUT2D eigenvalue weighted by Crippen LogP contribution is 2.12. The Balaban J connectivity index is 2.30. The summed E-state index contributed by atoms with van der Waals surface area (Å²) in [6, 6.07) is 0. The van der Waals surface area contributed by atoms with Gasteiger partial charge in [-0.05, 0) is 6.92 Å². The molecule has 0 bridgehead atoms. The van der Waals surface area contributed by atoms with Gasteiger partial charge in [0.25, 0.3) is 11.8 Å². The zero-order valence-corrected chi connectivity index (χ0v) is 9.63. The maximum Gasteiger partial charge on any atom is 0.536 e. The molecule has 0 atom stereocenters. The van der Waals surface area contributed by atoms with Crippen LogP contribution in [0.4, 0.5) is 4.79 Å². The van der Waals surface area contributed by atoms with Gasteiger partial charge in [-0.3, -0.25) is 14.4 Å². The Morgan fingerprint density at radius 2 is 1.78 bits per heavy atom. The lowest BCUT2D eigenvalue weighted by Crippen LogP contribution is -2.32. The molecule has 18 heavy (non-hydrogen) atoms. The minimum absolute atomic E-state index is 0.0171. The Kier molecular flexibility index (Phi) is 4.41. The Labute approximate surface area is 102 Å². The molecule has 0 saturated carbocycles.